The number of aromatic nitrogens is 4. The molecule has 0 bridgehead atoms. The summed E-state index contributed by atoms with van der Waals surface area (Å²) in [5.41, 5.74) is -1.06. The van der Waals surface area contributed by atoms with Crippen molar-refractivity contribution in [2.45, 2.75) is 24.5 Å². The maximum absolute atomic E-state index is 12.9. The van der Waals surface area contributed by atoms with Crippen LogP contribution in [0.4, 0.5) is 24.8 Å². The molecule has 0 atom stereocenters. The molecule has 2 N–H and O–H groups in total. The highest BCUT2D eigenvalue weighted by atomic mass is 35.5. The zero-order chi connectivity index (χ0) is 22.8. The van der Waals surface area contributed by atoms with Gasteiger partial charge in [-0.15, -0.1) is 0 Å². The molecule has 0 saturated heterocycles. The average molecular weight is 475 g/mol. The van der Waals surface area contributed by atoms with Crippen molar-refractivity contribution in [2.24, 2.45) is 0 Å². The number of nitrogens with zero attached hydrogens (tertiary/aromatic N) is 4. The van der Waals surface area contributed by atoms with E-state index in [1.807, 2.05) is 0 Å². The molecule has 0 radical (unpaired) electrons. The first kappa shape index (κ1) is 22.5. The van der Waals surface area contributed by atoms with E-state index in [1.54, 1.807) is 0 Å². The third-order valence-electron chi connectivity index (χ3n) is 3.94. The van der Waals surface area contributed by atoms with Crippen LogP contribution in [0.5, 0.6) is 0 Å². The number of hydrogen-bond donors (Lipinski definition) is 2. The molecule has 1 aromatic carbocycles. The molecule has 0 aliphatic heterocycles. The van der Waals surface area contributed by atoms with Gasteiger partial charge in [-0.1, -0.05) is 11.6 Å². The van der Waals surface area contributed by atoms with Crippen LogP contribution < -0.4 is 10.0 Å². The van der Waals surface area contributed by atoms with Crippen molar-refractivity contribution in [2.75, 3.05) is 10.0 Å². The number of benzene rings is 1. The molecule has 0 aliphatic carbocycles. The van der Waals surface area contributed by atoms with Gasteiger partial charge in [0.25, 0.3) is 10.0 Å². The Morgan fingerprint density at radius 3 is 2.32 bits per heavy atom. The number of hydrogen-bond acceptors (Lipinski definition) is 6. The highest BCUT2D eigenvalue weighted by Gasteiger charge is 2.38. The van der Waals surface area contributed by atoms with Gasteiger partial charge in [0.1, 0.15) is 6.54 Å². The Hall–Kier alpha value is -3.19. The number of amides is 1. The van der Waals surface area contributed by atoms with Crippen molar-refractivity contribution in [3.8, 4) is 0 Å². The number of anilines is 2. The van der Waals surface area contributed by atoms with Crippen molar-refractivity contribution in [3.05, 3.63) is 59.1 Å². The predicted octanol–water partition coefficient (Wildman–Crippen LogP) is 3.09. The Morgan fingerprint density at radius 1 is 1.16 bits per heavy atom. The Labute approximate surface area is 179 Å². The molecule has 3 rings (SSSR count). The summed E-state index contributed by atoms with van der Waals surface area (Å²) in [6.07, 6.45) is -2.00. The Kier molecular flexibility index (Phi) is 6.18. The van der Waals surface area contributed by atoms with Crippen LogP contribution in [0.25, 0.3) is 0 Å². The quantitative estimate of drug-likeness (QED) is 0.566. The summed E-state index contributed by atoms with van der Waals surface area (Å²) in [5, 5.41) is 5.22. The van der Waals surface area contributed by atoms with Crippen molar-refractivity contribution in [1.82, 2.24) is 19.7 Å². The molecule has 3 aromatic rings. The van der Waals surface area contributed by atoms with Gasteiger partial charge in [-0.2, -0.15) is 18.3 Å². The van der Waals surface area contributed by atoms with Gasteiger partial charge in [0.15, 0.2) is 5.69 Å². The van der Waals surface area contributed by atoms with Gasteiger partial charge in [0.05, 0.1) is 15.6 Å². The summed E-state index contributed by atoms with van der Waals surface area (Å²) in [6, 6.07) is 6.64. The van der Waals surface area contributed by atoms with Gasteiger partial charge in [0, 0.05) is 18.1 Å². The van der Waals surface area contributed by atoms with Gasteiger partial charge in [-0.3, -0.25) is 9.48 Å². The van der Waals surface area contributed by atoms with Crippen LogP contribution >= 0.6 is 11.6 Å². The Balaban J connectivity index is 1.68. The molecule has 2 aromatic heterocycles. The molecule has 9 nitrogen and oxygen atoms in total. The summed E-state index contributed by atoms with van der Waals surface area (Å²) >= 11 is 5.65. The van der Waals surface area contributed by atoms with Gasteiger partial charge >= 0.3 is 6.18 Å². The minimum absolute atomic E-state index is 0.0141. The van der Waals surface area contributed by atoms with Crippen LogP contribution in [0, 0.1) is 6.92 Å². The fourth-order valence-corrected chi connectivity index (χ4v) is 3.64. The molecule has 0 unspecified atom stereocenters. The zero-order valence-corrected chi connectivity index (χ0v) is 17.3. The molecule has 0 spiro atoms. The zero-order valence-electron chi connectivity index (χ0n) is 15.7. The average Bonchev–Trinajstić information content (AvgIpc) is 2.97. The highest BCUT2D eigenvalue weighted by molar-refractivity contribution is 7.92. The first-order chi connectivity index (χ1) is 14.5. The maximum Gasteiger partial charge on any atom is 0.436 e. The molecular weight excluding hydrogens is 461 g/mol. The van der Waals surface area contributed by atoms with Crippen LogP contribution in [0.2, 0.25) is 5.02 Å². The third-order valence-corrected chi connectivity index (χ3v) is 5.73. The van der Waals surface area contributed by atoms with Gasteiger partial charge in [-0.05, 0) is 37.3 Å². The number of rotatable bonds is 6. The summed E-state index contributed by atoms with van der Waals surface area (Å²) in [4.78, 5) is 19.6. The second-order valence-corrected chi connectivity index (χ2v) is 8.21. The standard InChI is InChI=1S/C17H14ClF3N6O3S/c1-10-14(18)15(17(19,20)21)25-27(10)9-13(28)24-11-3-5-12(6-4-11)31(29,30)26-16-22-7-2-8-23-16/h2-8H,9H2,1H3,(H,24,28)(H,22,23,26). The second-order valence-electron chi connectivity index (χ2n) is 6.15. The van der Waals surface area contributed by atoms with E-state index < -0.39 is 39.4 Å². The molecule has 0 fully saturated rings. The van der Waals surface area contributed by atoms with Crippen molar-refractivity contribution in [1.29, 1.82) is 0 Å². The number of carbonyl (C=O) groups is 1. The fourth-order valence-electron chi connectivity index (χ4n) is 2.44. The molecule has 14 heteroatoms. The third kappa shape index (κ3) is 5.30. The number of carbonyl (C=O) groups excluding carboxylic acids is 1. The van der Waals surface area contributed by atoms with Crippen LogP contribution in [0.3, 0.4) is 0 Å². The lowest BCUT2D eigenvalue weighted by Gasteiger charge is -2.09. The van der Waals surface area contributed by atoms with E-state index in [0.29, 0.717) is 0 Å². The van der Waals surface area contributed by atoms with Crippen LogP contribution in [-0.4, -0.2) is 34.1 Å². The van der Waals surface area contributed by atoms with Gasteiger partial charge in [-0.25, -0.2) is 23.1 Å². The molecule has 0 saturated carbocycles. The molecule has 31 heavy (non-hydrogen) atoms. The molecule has 2 heterocycles. The van der Waals surface area contributed by atoms with E-state index in [2.05, 4.69) is 25.1 Å². The maximum atomic E-state index is 12.9. The monoisotopic (exact) mass is 474 g/mol. The summed E-state index contributed by atoms with van der Waals surface area (Å²) in [6.45, 7) is 0.787. The fraction of sp³-hybridized carbons (Fsp3) is 0.176. The summed E-state index contributed by atoms with van der Waals surface area (Å²) < 4.78 is 66.3. The number of sulfonamides is 1. The smallest absolute Gasteiger partial charge is 0.324 e. The van der Waals surface area contributed by atoms with Crippen molar-refractivity contribution < 1.29 is 26.4 Å². The number of halogens is 4. The van der Waals surface area contributed by atoms with E-state index in [4.69, 9.17) is 11.6 Å². The first-order valence-corrected chi connectivity index (χ1v) is 10.3. The van der Waals surface area contributed by atoms with Gasteiger partial charge in [0.2, 0.25) is 11.9 Å². The van der Waals surface area contributed by atoms with E-state index in [-0.39, 0.29) is 22.2 Å². The van der Waals surface area contributed by atoms with Crippen LogP contribution in [0.15, 0.2) is 47.6 Å². The SMILES string of the molecule is Cc1c(Cl)c(C(F)(F)F)nn1CC(=O)Nc1ccc(S(=O)(=O)Nc2ncccn2)cc1. The molecule has 164 valence electrons. The van der Waals surface area contributed by atoms with Crippen LogP contribution in [0.1, 0.15) is 11.4 Å². The minimum Gasteiger partial charge on any atom is -0.324 e. The second kappa shape index (κ2) is 8.51. The molecule has 0 aliphatic rings. The lowest BCUT2D eigenvalue weighted by Crippen LogP contribution is -2.21. The van der Waals surface area contributed by atoms with E-state index in [9.17, 15) is 26.4 Å². The largest absolute Gasteiger partial charge is 0.436 e. The topological polar surface area (TPSA) is 119 Å². The predicted molar refractivity (Wildman–Crippen MR) is 105 cm³/mol. The lowest BCUT2D eigenvalue weighted by molar-refractivity contribution is -0.141. The summed E-state index contributed by atoms with van der Waals surface area (Å²) in [5.74, 6) is -0.784. The minimum atomic E-state index is -4.75. The highest BCUT2D eigenvalue weighted by Crippen LogP contribution is 2.35. The number of nitrogens with one attached hydrogen (secondary N) is 2. The lowest BCUT2D eigenvalue weighted by atomic mass is 10.3. The first-order valence-electron chi connectivity index (χ1n) is 8.47. The van der Waals surface area contributed by atoms with E-state index in [0.717, 1.165) is 4.68 Å². The van der Waals surface area contributed by atoms with Gasteiger partial charge < -0.3 is 5.32 Å². The molecule has 1 amide bonds. The molecular formula is C17H14ClF3N6O3S. The number of alkyl halides is 3. The van der Waals surface area contributed by atoms with Crippen molar-refractivity contribution in [3.63, 3.8) is 0 Å². The Bertz CT molecular complexity index is 1200. The normalized spacial score (nSPS) is 11.9. The van der Waals surface area contributed by atoms with Crippen molar-refractivity contribution >= 4 is 39.2 Å². The summed E-state index contributed by atoms with van der Waals surface area (Å²) in [7, 11) is -3.95. The van der Waals surface area contributed by atoms with Crippen LogP contribution in [-0.2, 0) is 27.5 Å². The Morgan fingerprint density at radius 2 is 1.77 bits per heavy atom. The van der Waals surface area contributed by atoms with E-state index >= 15 is 0 Å². The van der Waals surface area contributed by atoms with E-state index in [1.165, 1.54) is 49.6 Å².